The number of carbonyl (C=O) groups is 1. The van der Waals surface area contributed by atoms with Gasteiger partial charge in [-0.05, 0) is 18.6 Å². The Balaban J connectivity index is 1.76. The van der Waals surface area contributed by atoms with Gasteiger partial charge in [0.25, 0.3) is 0 Å². The van der Waals surface area contributed by atoms with Gasteiger partial charge in [-0.15, -0.1) is 0 Å². The van der Waals surface area contributed by atoms with Gasteiger partial charge in [-0.2, -0.15) is 5.26 Å². The van der Waals surface area contributed by atoms with E-state index in [1.54, 1.807) is 9.80 Å². The number of benzene rings is 1. The van der Waals surface area contributed by atoms with Gasteiger partial charge in [-0.3, -0.25) is 4.79 Å². The number of amides is 1. The largest absolute Gasteiger partial charge is 0.395 e. The van der Waals surface area contributed by atoms with Gasteiger partial charge in [0.1, 0.15) is 0 Å². The van der Waals surface area contributed by atoms with Crippen molar-refractivity contribution in [1.82, 2.24) is 14.9 Å². The van der Waals surface area contributed by atoms with Gasteiger partial charge in [-0.25, -0.2) is 9.97 Å². The van der Waals surface area contributed by atoms with Crippen molar-refractivity contribution in [3.05, 3.63) is 35.5 Å². The Morgan fingerprint density at radius 3 is 2.93 bits per heavy atom. The summed E-state index contributed by atoms with van der Waals surface area (Å²) in [4.78, 5) is 24.7. The van der Waals surface area contributed by atoms with Crippen LogP contribution in [0.1, 0.15) is 24.1 Å². The average molecular weight is 364 g/mol. The fourth-order valence-corrected chi connectivity index (χ4v) is 3.55. The van der Waals surface area contributed by atoms with Crippen molar-refractivity contribution in [2.24, 2.45) is 0 Å². The molecule has 2 aliphatic rings. The quantitative estimate of drug-likeness (QED) is 0.774. The molecule has 8 nitrogen and oxygen atoms in total. The minimum Gasteiger partial charge on any atom is -0.395 e. The van der Waals surface area contributed by atoms with Crippen LogP contribution in [0.5, 0.6) is 0 Å². The number of hydrogen-bond donors (Lipinski definition) is 2. The Bertz CT molecular complexity index is 923. The minimum absolute atomic E-state index is 0.0212. The first kappa shape index (κ1) is 17.2. The molecular weight excluding hydrogens is 344 g/mol. The molecule has 8 heteroatoms. The molecule has 27 heavy (non-hydrogen) atoms. The molecule has 0 bridgehead atoms. The molecule has 0 radical (unpaired) electrons. The highest BCUT2D eigenvalue weighted by atomic mass is 16.3. The highest BCUT2D eigenvalue weighted by molar-refractivity contribution is 5.96. The number of rotatable bonds is 5. The van der Waals surface area contributed by atoms with Gasteiger partial charge >= 0.3 is 0 Å². The van der Waals surface area contributed by atoms with Crippen LogP contribution < -0.4 is 10.2 Å². The van der Waals surface area contributed by atoms with Crippen molar-refractivity contribution in [2.75, 3.05) is 29.9 Å². The maximum Gasteiger partial charge on any atom is 0.227 e. The highest BCUT2D eigenvalue weighted by Gasteiger charge is 2.26. The number of aliphatic hydroxyl groups is 1. The van der Waals surface area contributed by atoms with Crippen LogP contribution in [0.15, 0.2) is 24.3 Å². The molecule has 0 unspecified atom stereocenters. The van der Waals surface area contributed by atoms with Crippen molar-refractivity contribution in [3.8, 4) is 17.5 Å². The monoisotopic (exact) mass is 364 g/mol. The molecule has 1 aromatic carbocycles. The first-order valence-corrected chi connectivity index (χ1v) is 8.99. The van der Waals surface area contributed by atoms with Crippen LogP contribution in [-0.4, -0.2) is 45.6 Å². The predicted octanol–water partition coefficient (Wildman–Crippen LogP) is 1.47. The molecule has 1 amide bonds. The van der Waals surface area contributed by atoms with Gasteiger partial charge in [0.2, 0.25) is 11.9 Å². The lowest BCUT2D eigenvalue weighted by molar-refractivity contribution is -0.117. The first-order valence-electron chi connectivity index (χ1n) is 8.99. The summed E-state index contributed by atoms with van der Waals surface area (Å²) in [7, 11) is 0. The van der Waals surface area contributed by atoms with E-state index in [-0.39, 0.29) is 12.5 Å². The Hall–Kier alpha value is -3.18. The van der Waals surface area contributed by atoms with Crippen LogP contribution in [0.3, 0.4) is 0 Å². The molecular formula is C19H20N6O2. The summed E-state index contributed by atoms with van der Waals surface area (Å²) < 4.78 is 0. The first-order chi connectivity index (χ1) is 13.2. The summed E-state index contributed by atoms with van der Waals surface area (Å²) in [6.45, 7) is 1.97. The smallest absolute Gasteiger partial charge is 0.227 e. The SMILES string of the molecule is N#CN1Cc2nc(NCCO)nc(-c3cccc(N4CCCC4=O)c3)c2C1. The zero-order valence-electron chi connectivity index (χ0n) is 14.9. The van der Waals surface area contributed by atoms with Crippen LogP contribution >= 0.6 is 0 Å². The molecule has 0 saturated carbocycles. The van der Waals surface area contributed by atoms with E-state index in [0.717, 1.165) is 41.2 Å². The third kappa shape index (κ3) is 3.29. The van der Waals surface area contributed by atoms with Gasteiger partial charge in [0.05, 0.1) is 31.1 Å². The van der Waals surface area contributed by atoms with Gasteiger partial charge in [0.15, 0.2) is 6.19 Å². The number of carbonyl (C=O) groups excluding carboxylic acids is 1. The fraction of sp³-hybridized carbons (Fsp3) is 0.368. The lowest BCUT2D eigenvalue weighted by Gasteiger charge is -2.17. The number of aromatic nitrogens is 2. The standard InChI is InChI=1S/C19H20N6O2/c20-12-24-10-15-16(11-24)22-19(21-6-8-26)23-18(15)13-3-1-4-14(9-13)25-7-2-5-17(25)27/h1,3-4,9,26H,2,5-8,10-11H2,(H,21,22,23). The molecule has 0 aliphatic carbocycles. The molecule has 0 spiro atoms. The molecule has 138 valence electrons. The summed E-state index contributed by atoms with van der Waals surface area (Å²) in [5.41, 5.74) is 4.24. The average Bonchev–Trinajstić information content (AvgIpc) is 3.31. The second-order valence-electron chi connectivity index (χ2n) is 6.63. The summed E-state index contributed by atoms with van der Waals surface area (Å²) in [6.07, 6.45) is 3.62. The summed E-state index contributed by atoms with van der Waals surface area (Å²) in [6, 6.07) is 7.78. The number of hydrogen-bond acceptors (Lipinski definition) is 7. The number of fused-ring (bicyclic) bond motifs is 1. The Kier molecular flexibility index (Phi) is 4.60. The van der Waals surface area contributed by atoms with Crippen molar-refractivity contribution in [2.45, 2.75) is 25.9 Å². The molecule has 3 heterocycles. The summed E-state index contributed by atoms with van der Waals surface area (Å²) in [5.74, 6) is 0.571. The minimum atomic E-state index is -0.0212. The van der Waals surface area contributed by atoms with Crippen LogP contribution in [0, 0.1) is 11.5 Å². The Labute approximate surface area is 157 Å². The maximum atomic E-state index is 12.1. The van der Waals surface area contributed by atoms with Gasteiger partial charge in [-0.1, -0.05) is 12.1 Å². The fourth-order valence-electron chi connectivity index (χ4n) is 3.55. The number of nitrogens with zero attached hydrogens (tertiary/aromatic N) is 5. The predicted molar refractivity (Wildman–Crippen MR) is 99.5 cm³/mol. The second kappa shape index (κ2) is 7.21. The maximum absolute atomic E-state index is 12.1. The van der Waals surface area contributed by atoms with Crippen molar-refractivity contribution in [3.63, 3.8) is 0 Å². The third-order valence-electron chi connectivity index (χ3n) is 4.82. The van der Waals surface area contributed by atoms with E-state index in [4.69, 9.17) is 5.11 Å². The summed E-state index contributed by atoms with van der Waals surface area (Å²) >= 11 is 0. The van der Waals surface area contributed by atoms with Gasteiger partial charge < -0.3 is 20.2 Å². The summed E-state index contributed by atoms with van der Waals surface area (Å²) in [5, 5.41) is 21.3. The molecule has 0 atom stereocenters. The Morgan fingerprint density at radius 1 is 1.30 bits per heavy atom. The molecule has 1 saturated heterocycles. The molecule has 4 rings (SSSR count). The topological polar surface area (TPSA) is 105 Å². The van der Waals surface area contributed by atoms with Crippen LogP contribution in [-0.2, 0) is 17.9 Å². The molecule has 2 aliphatic heterocycles. The molecule has 2 aromatic rings. The second-order valence-corrected chi connectivity index (χ2v) is 6.63. The lowest BCUT2D eigenvalue weighted by atomic mass is 10.0. The zero-order valence-corrected chi connectivity index (χ0v) is 14.9. The van der Waals surface area contributed by atoms with Crippen LogP contribution in [0.2, 0.25) is 0 Å². The number of anilines is 2. The van der Waals surface area contributed by atoms with E-state index in [0.29, 0.717) is 32.0 Å². The molecule has 1 aromatic heterocycles. The number of aliphatic hydroxyl groups excluding tert-OH is 1. The molecule has 1 fully saturated rings. The third-order valence-corrected chi connectivity index (χ3v) is 4.82. The Morgan fingerprint density at radius 2 is 2.19 bits per heavy atom. The normalized spacial score (nSPS) is 15.8. The zero-order chi connectivity index (χ0) is 18.8. The highest BCUT2D eigenvalue weighted by Crippen LogP contribution is 2.33. The van der Waals surface area contributed by atoms with E-state index in [1.807, 2.05) is 24.3 Å². The van der Waals surface area contributed by atoms with Crippen molar-refractivity contribution >= 4 is 17.5 Å². The van der Waals surface area contributed by atoms with E-state index >= 15 is 0 Å². The van der Waals surface area contributed by atoms with Crippen molar-refractivity contribution < 1.29 is 9.90 Å². The van der Waals surface area contributed by atoms with E-state index in [1.165, 1.54) is 0 Å². The van der Waals surface area contributed by atoms with Crippen LogP contribution in [0.25, 0.3) is 11.3 Å². The molecule has 2 N–H and O–H groups in total. The lowest BCUT2D eigenvalue weighted by Crippen LogP contribution is -2.23. The number of nitriles is 1. The van der Waals surface area contributed by atoms with E-state index in [2.05, 4.69) is 21.5 Å². The van der Waals surface area contributed by atoms with Gasteiger partial charge in [0, 0.05) is 36.3 Å². The van der Waals surface area contributed by atoms with E-state index < -0.39 is 0 Å². The van der Waals surface area contributed by atoms with Crippen molar-refractivity contribution in [1.29, 1.82) is 5.26 Å². The van der Waals surface area contributed by atoms with Crippen LogP contribution in [0.4, 0.5) is 11.6 Å². The van der Waals surface area contributed by atoms with E-state index in [9.17, 15) is 10.1 Å². The number of nitrogens with one attached hydrogen (secondary N) is 1.